The van der Waals surface area contributed by atoms with Crippen molar-refractivity contribution in [1.29, 1.82) is 0 Å². The first-order valence-corrected chi connectivity index (χ1v) is 7.41. The molecule has 8 heteroatoms. The molecule has 2 aromatic rings. The van der Waals surface area contributed by atoms with Crippen LogP contribution in [0.15, 0.2) is 59.3 Å². The minimum atomic E-state index is -4.58. The van der Waals surface area contributed by atoms with Gasteiger partial charge in [-0.05, 0) is 54.1 Å². The molecule has 1 heterocycles. The van der Waals surface area contributed by atoms with E-state index in [1.54, 1.807) is 12.1 Å². The number of hydrogen-bond donors (Lipinski definition) is 0. The Balaban J connectivity index is 2.06. The summed E-state index contributed by atoms with van der Waals surface area (Å²) in [5.41, 5.74) is -0.0837. The van der Waals surface area contributed by atoms with Crippen LogP contribution in [-0.2, 0) is 4.65 Å². The summed E-state index contributed by atoms with van der Waals surface area (Å²) in [5, 5.41) is 0. The molecule has 1 aliphatic heterocycles. The summed E-state index contributed by atoms with van der Waals surface area (Å²) in [7, 11) is -1.64. The van der Waals surface area contributed by atoms with Gasteiger partial charge in [0.2, 0.25) is 0 Å². The molecule has 3 rings (SSSR count). The first-order chi connectivity index (χ1) is 11.9. The fourth-order valence-corrected chi connectivity index (χ4v) is 2.42. The quantitative estimate of drug-likeness (QED) is 0.776. The van der Waals surface area contributed by atoms with Crippen molar-refractivity contribution < 1.29 is 27.1 Å². The monoisotopic (exact) mass is 348 g/mol. The standard InChI is InChI=1S/C17H14BF3NO3/c1-23-13-7-3-11(4-8-13)16-15(19)17(25-18(20,21)22-16)12-5-9-14(24-2)10-6-12/h3-10H,1-2H3/q-1. The van der Waals surface area contributed by atoms with Gasteiger partial charge >= 0.3 is 7.04 Å². The molecule has 0 unspecified atom stereocenters. The Morgan fingerprint density at radius 3 is 1.80 bits per heavy atom. The van der Waals surface area contributed by atoms with Crippen LogP contribution >= 0.6 is 0 Å². The molecular formula is C17H14BF3NO3-. The van der Waals surface area contributed by atoms with Crippen molar-refractivity contribution in [2.75, 3.05) is 14.2 Å². The number of nitrogens with zero attached hydrogens (tertiary/aromatic N) is 1. The summed E-state index contributed by atoms with van der Waals surface area (Å²) < 4.78 is 57.3. The number of ether oxygens (including phenoxy) is 2. The minimum absolute atomic E-state index is 0.167. The highest BCUT2D eigenvalue weighted by Crippen LogP contribution is 2.35. The van der Waals surface area contributed by atoms with Gasteiger partial charge in [-0.3, -0.25) is 0 Å². The van der Waals surface area contributed by atoms with Crippen molar-refractivity contribution in [3.63, 3.8) is 0 Å². The van der Waals surface area contributed by atoms with Crippen molar-refractivity contribution in [2.24, 2.45) is 4.90 Å². The summed E-state index contributed by atoms with van der Waals surface area (Å²) in [6, 6.07) is 11.9. The fraction of sp³-hybridized carbons (Fsp3) is 0.118. The molecule has 0 amide bonds. The number of rotatable bonds is 4. The van der Waals surface area contributed by atoms with Crippen molar-refractivity contribution in [3.8, 4) is 11.5 Å². The molecule has 4 nitrogen and oxygen atoms in total. The second-order valence-electron chi connectivity index (χ2n) is 5.26. The summed E-state index contributed by atoms with van der Waals surface area (Å²) >= 11 is 0. The molecule has 2 aromatic carbocycles. The lowest BCUT2D eigenvalue weighted by Crippen LogP contribution is -2.31. The van der Waals surface area contributed by atoms with Crippen LogP contribution < -0.4 is 9.47 Å². The van der Waals surface area contributed by atoms with Gasteiger partial charge in [-0.1, -0.05) is 0 Å². The third-order valence-electron chi connectivity index (χ3n) is 3.66. The molecule has 0 saturated carbocycles. The molecule has 130 valence electrons. The molecule has 1 aliphatic rings. The van der Waals surface area contributed by atoms with E-state index >= 15 is 0 Å². The third kappa shape index (κ3) is 3.47. The van der Waals surface area contributed by atoms with Gasteiger partial charge in [0.25, 0.3) is 0 Å². The van der Waals surface area contributed by atoms with E-state index in [2.05, 4.69) is 9.56 Å². The maximum atomic E-state index is 14.8. The van der Waals surface area contributed by atoms with Gasteiger partial charge in [0.1, 0.15) is 17.3 Å². The lowest BCUT2D eigenvalue weighted by molar-refractivity contribution is 0.339. The molecule has 0 aromatic heterocycles. The van der Waals surface area contributed by atoms with Gasteiger partial charge in [-0.15, -0.1) is 0 Å². The highest BCUT2D eigenvalue weighted by molar-refractivity contribution is 6.61. The predicted octanol–water partition coefficient (Wildman–Crippen LogP) is 4.24. The maximum Gasteiger partial charge on any atom is 0.639 e. The number of methoxy groups -OCH3 is 2. The summed E-state index contributed by atoms with van der Waals surface area (Å²) in [6.45, 7) is 0. The third-order valence-corrected chi connectivity index (χ3v) is 3.66. The van der Waals surface area contributed by atoms with Crippen LogP contribution in [0.3, 0.4) is 0 Å². The van der Waals surface area contributed by atoms with E-state index in [0.717, 1.165) is 0 Å². The number of hydrogen-bond acceptors (Lipinski definition) is 4. The van der Waals surface area contributed by atoms with Crippen LogP contribution in [0.2, 0.25) is 0 Å². The molecule has 0 aliphatic carbocycles. The highest BCUT2D eigenvalue weighted by Gasteiger charge is 2.36. The van der Waals surface area contributed by atoms with E-state index in [0.29, 0.717) is 11.5 Å². The average Bonchev–Trinajstić information content (AvgIpc) is 2.63. The zero-order chi connectivity index (χ0) is 18.0. The van der Waals surface area contributed by atoms with Crippen molar-refractivity contribution >= 4 is 18.5 Å². The lowest BCUT2D eigenvalue weighted by atomic mass is 9.97. The first-order valence-electron chi connectivity index (χ1n) is 7.41. The van der Waals surface area contributed by atoms with Gasteiger partial charge in [0, 0.05) is 5.56 Å². The van der Waals surface area contributed by atoms with E-state index in [-0.39, 0.29) is 11.1 Å². The van der Waals surface area contributed by atoms with E-state index < -0.39 is 24.3 Å². The Labute approximate surface area is 142 Å². The smallest absolute Gasteiger partial charge is 0.639 e. The van der Waals surface area contributed by atoms with Gasteiger partial charge in [-0.2, -0.15) is 0 Å². The van der Waals surface area contributed by atoms with Crippen molar-refractivity contribution in [2.45, 2.75) is 0 Å². The molecule has 0 radical (unpaired) electrons. The SMILES string of the molecule is COc1ccc(C2=N[B-](F)(F)OC(c3ccc(OC)cc3)=C2F)cc1. The van der Waals surface area contributed by atoms with Crippen molar-refractivity contribution in [3.05, 3.63) is 65.5 Å². The van der Waals surface area contributed by atoms with E-state index in [9.17, 15) is 13.0 Å². The van der Waals surface area contributed by atoms with Crippen LogP contribution in [-0.4, -0.2) is 27.0 Å². The van der Waals surface area contributed by atoms with Crippen LogP contribution in [0.1, 0.15) is 11.1 Å². The van der Waals surface area contributed by atoms with Gasteiger partial charge in [0.15, 0.2) is 5.83 Å². The van der Waals surface area contributed by atoms with Crippen LogP contribution in [0.4, 0.5) is 13.0 Å². The molecule has 0 saturated heterocycles. The highest BCUT2D eigenvalue weighted by atomic mass is 19.3. The predicted molar refractivity (Wildman–Crippen MR) is 89.6 cm³/mol. The minimum Gasteiger partial charge on any atom is -0.641 e. The Morgan fingerprint density at radius 2 is 1.32 bits per heavy atom. The summed E-state index contributed by atoms with van der Waals surface area (Å²) in [4.78, 5) is 3.16. The van der Waals surface area contributed by atoms with E-state index in [1.807, 2.05) is 0 Å². The molecule has 0 spiro atoms. The zero-order valence-corrected chi connectivity index (χ0v) is 13.5. The van der Waals surface area contributed by atoms with E-state index in [4.69, 9.17) is 9.47 Å². The molecule has 0 fully saturated rings. The Bertz CT molecular complexity index is 833. The molecule has 25 heavy (non-hydrogen) atoms. The Morgan fingerprint density at radius 1 is 0.840 bits per heavy atom. The summed E-state index contributed by atoms with van der Waals surface area (Å²) in [5.74, 6) is -0.466. The second-order valence-corrected chi connectivity index (χ2v) is 5.26. The number of halogens is 3. The second kappa shape index (κ2) is 6.54. The number of benzene rings is 2. The zero-order valence-electron chi connectivity index (χ0n) is 13.5. The van der Waals surface area contributed by atoms with Crippen LogP contribution in [0.25, 0.3) is 5.76 Å². The largest absolute Gasteiger partial charge is 0.641 e. The van der Waals surface area contributed by atoms with Crippen molar-refractivity contribution in [1.82, 2.24) is 0 Å². The molecule has 0 N–H and O–H groups in total. The van der Waals surface area contributed by atoms with Crippen LogP contribution in [0, 0.1) is 0 Å². The topological polar surface area (TPSA) is 40.0 Å². The fourth-order valence-electron chi connectivity index (χ4n) is 2.42. The van der Waals surface area contributed by atoms with Gasteiger partial charge < -0.3 is 27.7 Å². The van der Waals surface area contributed by atoms with Gasteiger partial charge in [-0.25, -0.2) is 4.39 Å². The molecule has 0 bridgehead atoms. The Hall–Kier alpha value is -2.90. The first kappa shape index (κ1) is 16.9. The molecular weight excluding hydrogens is 334 g/mol. The normalized spacial score (nSPS) is 16.1. The summed E-state index contributed by atoms with van der Waals surface area (Å²) in [6.07, 6.45) is 0. The van der Waals surface area contributed by atoms with Crippen LogP contribution in [0.5, 0.6) is 11.5 Å². The Kier molecular flexibility index (Phi) is 4.44. The average molecular weight is 348 g/mol. The number of allylic oxidation sites excluding steroid dienone is 1. The van der Waals surface area contributed by atoms with E-state index in [1.165, 1.54) is 50.6 Å². The molecule has 0 atom stereocenters. The van der Waals surface area contributed by atoms with Gasteiger partial charge in [0.05, 0.1) is 19.9 Å². The lowest BCUT2D eigenvalue weighted by Gasteiger charge is -2.31. The maximum absolute atomic E-state index is 14.8.